The van der Waals surface area contributed by atoms with Crippen LogP contribution in [-0.4, -0.2) is 25.4 Å². The quantitative estimate of drug-likeness (QED) is 0.864. The first-order valence-corrected chi connectivity index (χ1v) is 8.83. The van der Waals surface area contributed by atoms with Crippen LogP contribution in [-0.2, 0) is 14.8 Å². The maximum atomic E-state index is 12.7. The van der Waals surface area contributed by atoms with Gasteiger partial charge in [0.15, 0.2) is 0 Å². The Labute approximate surface area is 132 Å². The number of carbonyl (C=O) groups excluding carboxylic acids is 1. The second-order valence-electron chi connectivity index (χ2n) is 4.79. The van der Waals surface area contributed by atoms with E-state index in [4.69, 9.17) is 4.74 Å². The van der Waals surface area contributed by atoms with Gasteiger partial charge >= 0.3 is 6.09 Å². The number of carbonyl (C=O) groups is 1. The summed E-state index contributed by atoms with van der Waals surface area (Å²) in [5.41, 5.74) is 1.25. The highest BCUT2D eigenvalue weighted by Crippen LogP contribution is 2.28. The van der Waals surface area contributed by atoms with Crippen molar-refractivity contribution < 1.29 is 17.9 Å². The van der Waals surface area contributed by atoms with Gasteiger partial charge in [0.05, 0.1) is 10.6 Å². The molecule has 5 nitrogen and oxygen atoms in total. The van der Waals surface area contributed by atoms with E-state index in [-0.39, 0.29) is 11.5 Å². The smallest absolute Gasteiger partial charge is 0.428 e. The molecule has 114 valence electrons. The number of ether oxygens (including phenoxy) is 1. The van der Waals surface area contributed by atoms with E-state index in [0.717, 1.165) is 14.7 Å². The second-order valence-corrected chi connectivity index (χ2v) is 7.55. The Bertz CT molecular complexity index is 821. The Morgan fingerprint density at radius 2 is 1.95 bits per heavy atom. The van der Waals surface area contributed by atoms with Crippen molar-refractivity contribution in [3.63, 3.8) is 0 Å². The van der Waals surface area contributed by atoms with Crippen LogP contribution in [0, 0.1) is 6.92 Å². The van der Waals surface area contributed by atoms with Crippen LogP contribution in [0.1, 0.15) is 10.4 Å². The molecular formula is C15H13NO4S2. The molecule has 1 amide bonds. The molecule has 2 heterocycles. The molecule has 0 N–H and O–H groups in total. The number of rotatable bonds is 3. The van der Waals surface area contributed by atoms with Gasteiger partial charge in [-0.25, -0.2) is 13.2 Å². The number of nitrogens with zero attached hydrogens (tertiary/aromatic N) is 1. The lowest BCUT2D eigenvalue weighted by Gasteiger charge is -2.15. The van der Waals surface area contributed by atoms with Gasteiger partial charge < -0.3 is 4.74 Å². The predicted octanol–water partition coefficient (Wildman–Crippen LogP) is 3.24. The van der Waals surface area contributed by atoms with E-state index < -0.39 is 16.1 Å². The summed E-state index contributed by atoms with van der Waals surface area (Å²) >= 11 is 1.46. The monoisotopic (exact) mass is 335 g/mol. The van der Waals surface area contributed by atoms with E-state index >= 15 is 0 Å². The number of benzene rings is 1. The Hall–Kier alpha value is -2.12. The molecule has 0 atom stereocenters. The summed E-state index contributed by atoms with van der Waals surface area (Å²) in [7, 11) is -3.96. The van der Waals surface area contributed by atoms with Crippen LogP contribution in [0.3, 0.4) is 0 Å². The number of hydrogen-bond acceptors (Lipinski definition) is 5. The molecule has 0 aliphatic carbocycles. The first-order chi connectivity index (χ1) is 10.5. The van der Waals surface area contributed by atoms with Crippen LogP contribution < -0.4 is 0 Å². The van der Waals surface area contributed by atoms with Gasteiger partial charge in [-0.3, -0.25) is 0 Å². The summed E-state index contributed by atoms with van der Waals surface area (Å²) in [5.74, 6) is 0. The lowest BCUT2D eigenvalue weighted by atomic mass is 10.2. The molecule has 1 aliphatic heterocycles. The molecule has 7 heteroatoms. The van der Waals surface area contributed by atoms with Gasteiger partial charge in [0.1, 0.15) is 6.61 Å². The van der Waals surface area contributed by atoms with Crippen molar-refractivity contribution in [2.75, 3.05) is 6.61 Å². The average Bonchev–Trinajstić information content (AvgIpc) is 3.10. The second kappa shape index (κ2) is 5.58. The van der Waals surface area contributed by atoms with Crippen molar-refractivity contribution in [3.05, 3.63) is 57.9 Å². The Morgan fingerprint density at radius 3 is 2.59 bits per heavy atom. The number of cyclic esters (lactones) is 1. The van der Waals surface area contributed by atoms with E-state index in [1.54, 1.807) is 18.2 Å². The van der Waals surface area contributed by atoms with Gasteiger partial charge in [-0.2, -0.15) is 4.31 Å². The third-order valence-electron chi connectivity index (χ3n) is 3.18. The summed E-state index contributed by atoms with van der Waals surface area (Å²) in [6.45, 7) is 1.81. The Morgan fingerprint density at radius 1 is 1.23 bits per heavy atom. The van der Waals surface area contributed by atoms with Crippen molar-refractivity contribution in [2.45, 2.75) is 11.8 Å². The van der Waals surface area contributed by atoms with Crippen molar-refractivity contribution in [2.24, 2.45) is 0 Å². The van der Waals surface area contributed by atoms with Crippen LogP contribution in [0.4, 0.5) is 4.79 Å². The average molecular weight is 335 g/mol. The number of hydrogen-bond donors (Lipinski definition) is 0. The van der Waals surface area contributed by atoms with Crippen LogP contribution >= 0.6 is 11.3 Å². The minimum absolute atomic E-state index is 0.0537. The molecule has 1 aliphatic rings. The molecule has 1 aromatic heterocycles. The lowest BCUT2D eigenvalue weighted by Crippen LogP contribution is -2.30. The number of aryl methyl sites for hydroxylation is 1. The zero-order valence-electron chi connectivity index (χ0n) is 11.7. The summed E-state index contributed by atoms with van der Waals surface area (Å²) in [5, 5.41) is 1.88. The summed E-state index contributed by atoms with van der Waals surface area (Å²) in [6.07, 6.45) is 0.782. The first kappa shape index (κ1) is 14.8. The molecule has 2 aromatic rings. The largest absolute Gasteiger partial charge is 0.442 e. The minimum Gasteiger partial charge on any atom is -0.442 e. The minimum atomic E-state index is -3.96. The molecule has 0 bridgehead atoms. The molecule has 3 rings (SSSR count). The van der Waals surface area contributed by atoms with Crippen LogP contribution in [0.15, 0.2) is 52.4 Å². The van der Waals surface area contributed by atoms with E-state index in [1.807, 2.05) is 24.4 Å². The Kier molecular flexibility index (Phi) is 3.76. The summed E-state index contributed by atoms with van der Waals surface area (Å²) in [6, 6.07) is 10.1. The highest BCUT2D eigenvalue weighted by atomic mass is 32.2. The standard InChI is InChI=1S/C15H13NO4S2/c1-11-4-6-14(7-5-11)22(18,19)16-12(10-20-15(16)17)9-13-3-2-8-21-13/h2-9H,10H2,1H3/b12-9+. The molecule has 1 saturated heterocycles. The molecule has 22 heavy (non-hydrogen) atoms. The molecule has 0 unspecified atom stereocenters. The van der Waals surface area contributed by atoms with Gasteiger partial charge in [0, 0.05) is 4.88 Å². The fourth-order valence-electron chi connectivity index (χ4n) is 2.08. The fraction of sp³-hybridized carbons (Fsp3) is 0.133. The van der Waals surface area contributed by atoms with Crippen LogP contribution in [0.25, 0.3) is 6.08 Å². The molecule has 1 fully saturated rings. The van der Waals surface area contributed by atoms with E-state index in [9.17, 15) is 13.2 Å². The zero-order valence-corrected chi connectivity index (χ0v) is 13.4. The van der Waals surface area contributed by atoms with Crippen LogP contribution in [0.5, 0.6) is 0 Å². The maximum absolute atomic E-state index is 12.7. The van der Waals surface area contributed by atoms with E-state index in [0.29, 0.717) is 5.70 Å². The van der Waals surface area contributed by atoms with Gasteiger partial charge in [0.25, 0.3) is 10.0 Å². The fourth-order valence-corrected chi connectivity index (χ4v) is 4.11. The molecule has 1 aromatic carbocycles. The number of sulfonamides is 1. The normalized spacial score (nSPS) is 17.0. The third kappa shape index (κ3) is 2.65. The maximum Gasteiger partial charge on any atom is 0.428 e. The van der Waals surface area contributed by atoms with Crippen LogP contribution in [0.2, 0.25) is 0 Å². The third-order valence-corrected chi connectivity index (χ3v) is 5.73. The topological polar surface area (TPSA) is 63.7 Å². The van der Waals surface area contributed by atoms with Gasteiger partial charge in [-0.1, -0.05) is 23.8 Å². The number of thiophene rings is 1. The summed E-state index contributed by atoms with van der Waals surface area (Å²) < 4.78 is 31.0. The number of amides is 1. The highest BCUT2D eigenvalue weighted by molar-refractivity contribution is 7.89. The molecular weight excluding hydrogens is 322 g/mol. The van der Waals surface area contributed by atoms with Crippen molar-refractivity contribution in [1.82, 2.24) is 4.31 Å². The van der Waals surface area contributed by atoms with Crippen molar-refractivity contribution in [1.29, 1.82) is 0 Å². The Balaban J connectivity index is 2.03. The van der Waals surface area contributed by atoms with Gasteiger partial charge in [0.2, 0.25) is 0 Å². The van der Waals surface area contributed by atoms with E-state index in [2.05, 4.69) is 0 Å². The van der Waals surface area contributed by atoms with Crippen molar-refractivity contribution >= 4 is 33.5 Å². The molecule has 0 saturated carbocycles. The summed E-state index contributed by atoms with van der Waals surface area (Å²) in [4.78, 5) is 12.8. The predicted molar refractivity (Wildman–Crippen MR) is 83.8 cm³/mol. The molecule has 0 radical (unpaired) electrons. The first-order valence-electron chi connectivity index (χ1n) is 6.51. The highest BCUT2D eigenvalue weighted by Gasteiger charge is 2.39. The van der Waals surface area contributed by atoms with Gasteiger partial charge in [-0.05, 0) is 36.6 Å². The lowest BCUT2D eigenvalue weighted by molar-refractivity contribution is 0.170. The SMILES string of the molecule is Cc1ccc(S(=O)(=O)N2C(=O)OC/C2=C\c2cccs2)cc1. The zero-order chi connectivity index (χ0) is 15.7. The van der Waals surface area contributed by atoms with Crippen molar-refractivity contribution in [3.8, 4) is 0 Å². The molecule has 0 spiro atoms. The van der Waals surface area contributed by atoms with E-state index in [1.165, 1.54) is 23.5 Å². The van der Waals surface area contributed by atoms with Gasteiger partial charge in [-0.15, -0.1) is 11.3 Å².